The van der Waals surface area contributed by atoms with Crippen LogP contribution in [0.5, 0.6) is 0 Å². The molecular formula is C19H21NOS. The van der Waals surface area contributed by atoms with Gasteiger partial charge in [0.25, 0.3) is 5.91 Å². The average Bonchev–Trinajstić information content (AvgIpc) is 2.64. The third kappa shape index (κ3) is 3.05. The highest BCUT2D eigenvalue weighted by Crippen LogP contribution is 2.37. The van der Waals surface area contributed by atoms with Crippen LogP contribution in [-0.4, -0.2) is 17.7 Å². The van der Waals surface area contributed by atoms with Gasteiger partial charge in [-0.05, 0) is 44.5 Å². The SMILES string of the molecule is Cc1cc(C)cc(C(=O)N2CCC(C)Sc3ccccc32)c1. The van der Waals surface area contributed by atoms with Crippen LogP contribution in [0.3, 0.4) is 0 Å². The first-order chi connectivity index (χ1) is 10.5. The number of carbonyl (C=O) groups is 1. The van der Waals surface area contributed by atoms with Gasteiger partial charge in [-0.2, -0.15) is 0 Å². The Labute approximate surface area is 136 Å². The van der Waals surface area contributed by atoms with Gasteiger partial charge >= 0.3 is 0 Å². The Hall–Kier alpha value is -1.74. The quantitative estimate of drug-likeness (QED) is 0.751. The predicted molar refractivity (Wildman–Crippen MR) is 94.0 cm³/mol. The van der Waals surface area contributed by atoms with E-state index in [9.17, 15) is 4.79 Å². The summed E-state index contributed by atoms with van der Waals surface area (Å²) in [5, 5.41) is 0.526. The second-order valence-electron chi connectivity index (χ2n) is 6.02. The Morgan fingerprint density at radius 2 is 1.82 bits per heavy atom. The molecule has 0 aliphatic carbocycles. The van der Waals surface area contributed by atoms with Crippen LogP contribution >= 0.6 is 11.8 Å². The summed E-state index contributed by atoms with van der Waals surface area (Å²) in [7, 11) is 0. The van der Waals surface area contributed by atoms with Crippen molar-refractivity contribution in [1.82, 2.24) is 0 Å². The zero-order valence-electron chi connectivity index (χ0n) is 13.3. The molecule has 2 aromatic rings. The summed E-state index contributed by atoms with van der Waals surface area (Å²) in [6, 6.07) is 14.3. The number of para-hydroxylation sites is 1. The summed E-state index contributed by atoms with van der Waals surface area (Å²) in [4.78, 5) is 16.2. The molecule has 0 fully saturated rings. The van der Waals surface area contributed by atoms with Crippen LogP contribution in [0.25, 0.3) is 0 Å². The highest BCUT2D eigenvalue weighted by Gasteiger charge is 2.25. The van der Waals surface area contributed by atoms with Crippen LogP contribution in [0, 0.1) is 13.8 Å². The maximum atomic E-state index is 13.0. The summed E-state index contributed by atoms with van der Waals surface area (Å²) in [5.41, 5.74) is 4.09. The van der Waals surface area contributed by atoms with Gasteiger partial charge in [-0.3, -0.25) is 4.79 Å². The average molecular weight is 311 g/mol. The van der Waals surface area contributed by atoms with Crippen molar-refractivity contribution in [2.75, 3.05) is 11.4 Å². The maximum absolute atomic E-state index is 13.0. The van der Waals surface area contributed by atoms with E-state index >= 15 is 0 Å². The molecule has 0 radical (unpaired) electrons. The van der Waals surface area contributed by atoms with Gasteiger partial charge in [-0.1, -0.05) is 36.2 Å². The minimum Gasteiger partial charge on any atom is -0.307 e. The van der Waals surface area contributed by atoms with Gasteiger partial charge in [-0.25, -0.2) is 0 Å². The van der Waals surface area contributed by atoms with Gasteiger partial charge in [0.1, 0.15) is 0 Å². The molecule has 22 heavy (non-hydrogen) atoms. The number of nitrogens with zero attached hydrogens (tertiary/aromatic N) is 1. The number of hydrogen-bond acceptors (Lipinski definition) is 2. The molecule has 3 heteroatoms. The second-order valence-corrected chi connectivity index (χ2v) is 7.50. The van der Waals surface area contributed by atoms with Gasteiger partial charge in [0.15, 0.2) is 0 Å². The first-order valence-electron chi connectivity index (χ1n) is 7.70. The van der Waals surface area contributed by atoms with E-state index in [1.807, 2.05) is 54.8 Å². The number of fused-ring (bicyclic) bond motifs is 1. The van der Waals surface area contributed by atoms with E-state index in [1.165, 1.54) is 4.90 Å². The smallest absolute Gasteiger partial charge is 0.258 e. The molecule has 1 atom stereocenters. The van der Waals surface area contributed by atoms with E-state index in [4.69, 9.17) is 0 Å². The third-order valence-corrected chi connectivity index (χ3v) is 5.19. The largest absolute Gasteiger partial charge is 0.307 e. The molecule has 2 nitrogen and oxygen atoms in total. The maximum Gasteiger partial charge on any atom is 0.258 e. The molecule has 0 bridgehead atoms. The van der Waals surface area contributed by atoms with Crippen molar-refractivity contribution in [2.45, 2.75) is 37.3 Å². The van der Waals surface area contributed by atoms with Gasteiger partial charge < -0.3 is 4.90 Å². The number of anilines is 1. The molecule has 3 rings (SSSR count). The summed E-state index contributed by atoms with van der Waals surface area (Å²) < 4.78 is 0. The number of benzene rings is 2. The summed E-state index contributed by atoms with van der Waals surface area (Å²) >= 11 is 1.86. The lowest BCUT2D eigenvalue weighted by atomic mass is 10.1. The Kier molecular flexibility index (Phi) is 4.25. The van der Waals surface area contributed by atoms with Crippen LogP contribution in [0.15, 0.2) is 47.4 Å². The van der Waals surface area contributed by atoms with Gasteiger partial charge in [0.05, 0.1) is 5.69 Å². The van der Waals surface area contributed by atoms with Crippen molar-refractivity contribution in [2.24, 2.45) is 0 Å². The molecule has 1 unspecified atom stereocenters. The zero-order chi connectivity index (χ0) is 15.7. The van der Waals surface area contributed by atoms with Crippen molar-refractivity contribution in [3.05, 3.63) is 59.2 Å². The van der Waals surface area contributed by atoms with E-state index in [0.29, 0.717) is 5.25 Å². The Morgan fingerprint density at radius 1 is 1.14 bits per heavy atom. The van der Waals surface area contributed by atoms with Crippen LogP contribution in [-0.2, 0) is 0 Å². The van der Waals surface area contributed by atoms with E-state index in [1.54, 1.807) is 0 Å². The molecule has 1 amide bonds. The Balaban J connectivity index is 2.01. The molecule has 0 aromatic heterocycles. The molecule has 1 heterocycles. The van der Waals surface area contributed by atoms with Crippen LogP contribution in [0.4, 0.5) is 5.69 Å². The lowest BCUT2D eigenvalue weighted by molar-refractivity contribution is 0.0986. The lowest BCUT2D eigenvalue weighted by Gasteiger charge is -2.23. The molecule has 114 valence electrons. The van der Waals surface area contributed by atoms with Gasteiger partial charge in [0.2, 0.25) is 0 Å². The monoisotopic (exact) mass is 311 g/mol. The molecule has 0 saturated heterocycles. The van der Waals surface area contributed by atoms with Crippen LogP contribution < -0.4 is 4.90 Å². The third-order valence-electron chi connectivity index (χ3n) is 3.96. The topological polar surface area (TPSA) is 20.3 Å². The number of carbonyl (C=O) groups excluding carboxylic acids is 1. The highest BCUT2D eigenvalue weighted by molar-refractivity contribution is 8.00. The zero-order valence-corrected chi connectivity index (χ0v) is 14.1. The fourth-order valence-electron chi connectivity index (χ4n) is 2.95. The fourth-order valence-corrected chi connectivity index (χ4v) is 4.06. The number of hydrogen-bond donors (Lipinski definition) is 0. The van der Waals surface area contributed by atoms with E-state index in [-0.39, 0.29) is 5.91 Å². The number of amides is 1. The molecule has 0 spiro atoms. The van der Waals surface area contributed by atoms with E-state index in [0.717, 1.165) is 35.3 Å². The normalized spacial score (nSPS) is 17.8. The van der Waals surface area contributed by atoms with Gasteiger partial charge in [-0.15, -0.1) is 11.8 Å². The Morgan fingerprint density at radius 3 is 2.55 bits per heavy atom. The number of thioether (sulfide) groups is 1. The first kappa shape index (κ1) is 15.2. The standard InChI is InChI=1S/C19H21NOS/c1-13-10-14(2)12-16(11-13)19(21)20-9-8-15(3)22-18-7-5-4-6-17(18)20/h4-7,10-12,15H,8-9H2,1-3H3. The fraction of sp³-hybridized carbons (Fsp3) is 0.316. The van der Waals surface area contributed by atoms with Crippen LogP contribution in [0.1, 0.15) is 34.8 Å². The second kappa shape index (κ2) is 6.17. The number of rotatable bonds is 1. The minimum atomic E-state index is 0.106. The first-order valence-corrected chi connectivity index (χ1v) is 8.58. The van der Waals surface area contributed by atoms with E-state index < -0.39 is 0 Å². The minimum absolute atomic E-state index is 0.106. The van der Waals surface area contributed by atoms with Crippen molar-refractivity contribution in [3.8, 4) is 0 Å². The molecular weight excluding hydrogens is 290 g/mol. The van der Waals surface area contributed by atoms with Gasteiger partial charge in [0, 0.05) is 22.3 Å². The summed E-state index contributed by atoms with van der Waals surface area (Å²) in [6.07, 6.45) is 1.01. The van der Waals surface area contributed by atoms with Crippen molar-refractivity contribution in [3.63, 3.8) is 0 Å². The summed E-state index contributed by atoms with van der Waals surface area (Å²) in [6.45, 7) is 7.08. The number of aryl methyl sites for hydroxylation is 2. The predicted octanol–water partition coefficient (Wildman–Crippen LogP) is 4.83. The lowest BCUT2D eigenvalue weighted by Crippen LogP contribution is -2.32. The van der Waals surface area contributed by atoms with Crippen molar-refractivity contribution in [1.29, 1.82) is 0 Å². The van der Waals surface area contributed by atoms with E-state index in [2.05, 4.69) is 25.1 Å². The van der Waals surface area contributed by atoms with Crippen LogP contribution in [0.2, 0.25) is 0 Å². The molecule has 2 aromatic carbocycles. The Bertz CT molecular complexity index is 690. The highest BCUT2D eigenvalue weighted by atomic mass is 32.2. The molecule has 0 saturated carbocycles. The summed E-state index contributed by atoms with van der Waals surface area (Å²) in [5.74, 6) is 0.106. The molecule has 1 aliphatic rings. The van der Waals surface area contributed by atoms with Crippen molar-refractivity contribution < 1.29 is 4.79 Å². The molecule has 1 aliphatic heterocycles. The van der Waals surface area contributed by atoms with Crippen molar-refractivity contribution >= 4 is 23.4 Å². The molecule has 0 N–H and O–H groups in total.